The Morgan fingerprint density at radius 2 is 2.25 bits per heavy atom. The van der Waals surface area contributed by atoms with Crippen molar-refractivity contribution < 1.29 is 9.59 Å². The summed E-state index contributed by atoms with van der Waals surface area (Å²) in [6, 6.07) is 0.782. The molecule has 1 aromatic heterocycles. The average Bonchev–Trinajstić information content (AvgIpc) is 2.78. The minimum Gasteiger partial charge on any atom is -0.352 e. The van der Waals surface area contributed by atoms with Crippen molar-refractivity contribution in [3.8, 4) is 0 Å². The van der Waals surface area contributed by atoms with Crippen LogP contribution in [0.25, 0.3) is 0 Å². The zero-order valence-electron chi connectivity index (χ0n) is 11.7. The SMILES string of the molecule is CCCCC(NC(N)=O)C(=O)N(C)Cc1cc(Br)cs1. The molecule has 0 aromatic carbocycles. The fourth-order valence-corrected chi connectivity index (χ4v) is 3.36. The first-order chi connectivity index (χ1) is 9.43. The van der Waals surface area contributed by atoms with Crippen LogP contribution in [-0.2, 0) is 11.3 Å². The van der Waals surface area contributed by atoms with Gasteiger partial charge in [-0.1, -0.05) is 19.8 Å². The summed E-state index contributed by atoms with van der Waals surface area (Å²) in [6.07, 6.45) is 2.44. The quantitative estimate of drug-likeness (QED) is 0.783. The van der Waals surface area contributed by atoms with Gasteiger partial charge in [0.25, 0.3) is 0 Å². The van der Waals surface area contributed by atoms with Gasteiger partial charge in [-0.15, -0.1) is 11.3 Å². The first-order valence-electron chi connectivity index (χ1n) is 6.48. The number of thiophene rings is 1. The highest BCUT2D eigenvalue weighted by Crippen LogP contribution is 2.21. The third kappa shape index (κ3) is 5.50. The van der Waals surface area contributed by atoms with Gasteiger partial charge in [-0.2, -0.15) is 0 Å². The second-order valence-electron chi connectivity index (χ2n) is 4.63. The predicted molar refractivity (Wildman–Crippen MR) is 84.5 cm³/mol. The molecule has 7 heteroatoms. The van der Waals surface area contributed by atoms with E-state index in [0.29, 0.717) is 13.0 Å². The normalized spacial score (nSPS) is 11.9. The third-order valence-corrected chi connectivity index (χ3v) is 4.53. The molecule has 0 radical (unpaired) electrons. The molecule has 0 saturated carbocycles. The minimum absolute atomic E-state index is 0.109. The molecule has 1 aromatic rings. The number of nitrogens with zero attached hydrogens (tertiary/aromatic N) is 1. The molecule has 1 rings (SSSR count). The van der Waals surface area contributed by atoms with Crippen LogP contribution in [0.3, 0.4) is 0 Å². The number of halogens is 1. The topological polar surface area (TPSA) is 75.4 Å². The van der Waals surface area contributed by atoms with Crippen molar-refractivity contribution in [2.75, 3.05) is 7.05 Å². The van der Waals surface area contributed by atoms with E-state index in [-0.39, 0.29) is 5.91 Å². The lowest BCUT2D eigenvalue weighted by Crippen LogP contribution is -2.48. The molecule has 0 aliphatic heterocycles. The average molecular weight is 362 g/mol. The number of rotatable bonds is 7. The molecule has 1 unspecified atom stereocenters. The van der Waals surface area contributed by atoms with Crippen molar-refractivity contribution >= 4 is 39.2 Å². The minimum atomic E-state index is -0.660. The lowest BCUT2D eigenvalue weighted by atomic mass is 10.1. The number of carbonyl (C=O) groups excluding carboxylic acids is 2. The van der Waals surface area contributed by atoms with Crippen LogP contribution in [0.5, 0.6) is 0 Å². The molecule has 0 bridgehead atoms. The van der Waals surface area contributed by atoms with Crippen molar-refractivity contribution in [2.45, 2.75) is 38.8 Å². The van der Waals surface area contributed by atoms with Gasteiger partial charge in [0.1, 0.15) is 6.04 Å². The number of likely N-dealkylation sites (N-methyl/N-ethyl adjacent to an activating group) is 1. The maximum absolute atomic E-state index is 12.3. The van der Waals surface area contributed by atoms with E-state index in [2.05, 4.69) is 21.2 Å². The highest BCUT2D eigenvalue weighted by Gasteiger charge is 2.23. The smallest absolute Gasteiger partial charge is 0.312 e. The lowest BCUT2D eigenvalue weighted by molar-refractivity contribution is -0.132. The molecule has 1 heterocycles. The second kappa shape index (κ2) is 8.26. The maximum atomic E-state index is 12.3. The van der Waals surface area contributed by atoms with E-state index in [9.17, 15) is 9.59 Å². The number of hydrogen-bond donors (Lipinski definition) is 2. The molecule has 20 heavy (non-hydrogen) atoms. The van der Waals surface area contributed by atoms with Crippen LogP contribution in [0, 0.1) is 0 Å². The van der Waals surface area contributed by atoms with Gasteiger partial charge in [0.05, 0.1) is 6.54 Å². The Kier molecular flexibility index (Phi) is 7.01. The van der Waals surface area contributed by atoms with E-state index in [1.807, 2.05) is 18.4 Å². The molecule has 1 atom stereocenters. The van der Waals surface area contributed by atoms with Gasteiger partial charge in [0.15, 0.2) is 0 Å². The van der Waals surface area contributed by atoms with Crippen LogP contribution >= 0.6 is 27.3 Å². The van der Waals surface area contributed by atoms with Crippen molar-refractivity contribution in [1.29, 1.82) is 0 Å². The number of amides is 3. The summed E-state index contributed by atoms with van der Waals surface area (Å²) < 4.78 is 1.01. The van der Waals surface area contributed by atoms with E-state index in [1.54, 1.807) is 23.3 Å². The number of nitrogens with one attached hydrogen (secondary N) is 1. The third-order valence-electron chi connectivity index (χ3n) is 2.85. The molecule has 3 N–H and O–H groups in total. The lowest BCUT2D eigenvalue weighted by Gasteiger charge is -2.23. The molecule has 0 aliphatic carbocycles. The van der Waals surface area contributed by atoms with Gasteiger partial charge in [0, 0.05) is 21.8 Å². The summed E-state index contributed by atoms with van der Waals surface area (Å²) in [4.78, 5) is 26.0. The standard InChI is InChI=1S/C13H20BrN3O2S/c1-3-4-5-11(16-13(15)19)12(18)17(2)7-10-6-9(14)8-20-10/h6,8,11H,3-5,7H2,1-2H3,(H3,15,16,19). The number of carbonyl (C=O) groups is 2. The van der Waals surface area contributed by atoms with Crippen LogP contribution in [0.2, 0.25) is 0 Å². The Morgan fingerprint density at radius 1 is 1.55 bits per heavy atom. The number of urea groups is 1. The van der Waals surface area contributed by atoms with E-state index >= 15 is 0 Å². The maximum Gasteiger partial charge on any atom is 0.312 e. The van der Waals surface area contributed by atoms with Gasteiger partial charge in [-0.25, -0.2) is 4.79 Å². The van der Waals surface area contributed by atoms with Crippen LogP contribution in [0.4, 0.5) is 4.79 Å². The van der Waals surface area contributed by atoms with E-state index in [0.717, 1.165) is 22.2 Å². The molecule has 0 saturated heterocycles. The Bertz CT molecular complexity index is 464. The van der Waals surface area contributed by atoms with Crippen molar-refractivity contribution in [3.63, 3.8) is 0 Å². The molecule has 5 nitrogen and oxygen atoms in total. The van der Waals surface area contributed by atoms with Gasteiger partial charge in [-0.05, 0) is 28.4 Å². The Labute approximate surface area is 131 Å². The Morgan fingerprint density at radius 3 is 2.75 bits per heavy atom. The molecular weight excluding hydrogens is 342 g/mol. The molecule has 0 spiro atoms. The summed E-state index contributed by atoms with van der Waals surface area (Å²) in [5.74, 6) is -0.109. The van der Waals surface area contributed by atoms with Gasteiger partial charge >= 0.3 is 6.03 Å². The monoisotopic (exact) mass is 361 g/mol. The van der Waals surface area contributed by atoms with Crippen LogP contribution in [-0.4, -0.2) is 29.9 Å². The van der Waals surface area contributed by atoms with Crippen LogP contribution in [0.1, 0.15) is 31.1 Å². The Balaban J connectivity index is 2.64. The Hall–Kier alpha value is -1.08. The molecular formula is C13H20BrN3O2S. The van der Waals surface area contributed by atoms with Gasteiger partial charge < -0.3 is 16.0 Å². The van der Waals surface area contributed by atoms with E-state index in [1.165, 1.54) is 0 Å². The molecule has 0 fully saturated rings. The first-order valence-corrected chi connectivity index (χ1v) is 8.15. The zero-order valence-corrected chi connectivity index (χ0v) is 14.1. The highest BCUT2D eigenvalue weighted by molar-refractivity contribution is 9.10. The second-order valence-corrected chi connectivity index (χ2v) is 6.54. The highest BCUT2D eigenvalue weighted by atomic mass is 79.9. The number of unbranched alkanes of at least 4 members (excludes halogenated alkanes) is 1. The van der Waals surface area contributed by atoms with Crippen molar-refractivity contribution in [3.05, 3.63) is 20.8 Å². The zero-order chi connectivity index (χ0) is 15.1. The number of hydrogen-bond acceptors (Lipinski definition) is 3. The summed E-state index contributed by atoms with van der Waals surface area (Å²) in [5, 5.41) is 4.50. The van der Waals surface area contributed by atoms with Crippen LogP contribution < -0.4 is 11.1 Å². The van der Waals surface area contributed by atoms with Gasteiger partial charge in [0.2, 0.25) is 5.91 Å². The first kappa shape index (κ1) is 17.0. The van der Waals surface area contributed by atoms with Crippen molar-refractivity contribution in [1.82, 2.24) is 10.2 Å². The van der Waals surface area contributed by atoms with E-state index in [4.69, 9.17) is 5.73 Å². The van der Waals surface area contributed by atoms with Crippen LogP contribution in [0.15, 0.2) is 15.9 Å². The molecule has 0 aliphatic rings. The fraction of sp³-hybridized carbons (Fsp3) is 0.538. The molecule has 3 amide bonds. The summed E-state index contributed by atoms with van der Waals surface area (Å²) in [7, 11) is 1.73. The fourth-order valence-electron chi connectivity index (χ4n) is 1.85. The van der Waals surface area contributed by atoms with E-state index < -0.39 is 12.1 Å². The summed E-state index contributed by atoms with van der Waals surface area (Å²) >= 11 is 4.97. The predicted octanol–water partition coefficient (Wildman–Crippen LogP) is 2.70. The number of nitrogens with two attached hydrogens (primary N) is 1. The van der Waals surface area contributed by atoms with Crippen molar-refractivity contribution in [2.24, 2.45) is 5.73 Å². The van der Waals surface area contributed by atoms with Gasteiger partial charge in [-0.3, -0.25) is 4.79 Å². The number of primary amides is 1. The molecule has 112 valence electrons. The summed E-state index contributed by atoms with van der Waals surface area (Å²) in [5.41, 5.74) is 5.13. The summed E-state index contributed by atoms with van der Waals surface area (Å²) in [6.45, 7) is 2.57. The largest absolute Gasteiger partial charge is 0.352 e.